The van der Waals surface area contributed by atoms with Crippen LogP contribution >= 0.6 is 0 Å². The van der Waals surface area contributed by atoms with E-state index in [1.165, 1.54) is 5.56 Å². The third kappa shape index (κ3) is 3.35. The Bertz CT molecular complexity index is 569. The molecule has 3 nitrogen and oxygen atoms in total. The zero-order chi connectivity index (χ0) is 13.8. The standard InChI is InChI=1S/C16H18N2O/c1-13-4-6-14(7-5-13)12-18(19)16-10-8-15(9-11-16)17(2)3/h4-12H,1-3H3/b18-12-. The van der Waals surface area contributed by atoms with Crippen LogP contribution in [0, 0.1) is 12.1 Å². The molecule has 0 N–H and O–H groups in total. The van der Waals surface area contributed by atoms with Crippen LogP contribution in [0.15, 0.2) is 48.5 Å². The Hall–Kier alpha value is -2.29. The lowest BCUT2D eigenvalue weighted by atomic mass is 10.2. The van der Waals surface area contributed by atoms with Crippen LogP contribution in [-0.2, 0) is 0 Å². The summed E-state index contributed by atoms with van der Waals surface area (Å²) in [5.41, 5.74) is 3.79. The largest absolute Gasteiger partial charge is 0.618 e. The minimum Gasteiger partial charge on any atom is -0.618 e. The number of aryl methyl sites for hydroxylation is 1. The summed E-state index contributed by atoms with van der Waals surface area (Å²) in [6.45, 7) is 2.03. The van der Waals surface area contributed by atoms with Gasteiger partial charge in [-0.05, 0) is 31.2 Å². The normalized spacial score (nSPS) is 11.4. The van der Waals surface area contributed by atoms with E-state index in [2.05, 4.69) is 0 Å². The fraction of sp³-hybridized carbons (Fsp3) is 0.188. The van der Waals surface area contributed by atoms with Gasteiger partial charge in [-0.15, -0.1) is 0 Å². The monoisotopic (exact) mass is 254 g/mol. The summed E-state index contributed by atoms with van der Waals surface area (Å²) < 4.78 is 0.893. The second-order valence-corrected chi connectivity index (χ2v) is 4.78. The molecule has 0 amide bonds. The Morgan fingerprint density at radius 3 is 2.05 bits per heavy atom. The van der Waals surface area contributed by atoms with E-state index in [9.17, 15) is 5.21 Å². The van der Waals surface area contributed by atoms with Gasteiger partial charge in [-0.3, -0.25) is 0 Å². The second-order valence-electron chi connectivity index (χ2n) is 4.78. The van der Waals surface area contributed by atoms with E-state index in [0.29, 0.717) is 5.69 Å². The van der Waals surface area contributed by atoms with Gasteiger partial charge in [0.2, 0.25) is 5.69 Å². The molecule has 0 spiro atoms. The molecule has 0 fully saturated rings. The first-order chi connectivity index (χ1) is 9.06. The van der Waals surface area contributed by atoms with Gasteiger partial charge in [-0.1, -0.05) is 17.7 Å². The van der Waals surface area contributed by atoms with Crippen molar-refractivity contribution >= 4 is 17.6 Å². The SMILES string of the molecule is Cc1ccc(/C=[N+](\[O-])c2ccc(N(C)C)cc2)cc1. The average molecular weight is 254 g/mol. The smallest absolute Gasteiger partial charge is 0.216 e. The van der Waals surface area contributed by atoms with E-state index in [0.717, 1.165) is 16.0 Å². The highest BCUT2D eigenvalue weighted by atomic mass is 16.5. The fourth-order valence-corrected chi connectivity index (χ4v) is 1.76. The summed E-state index contributed by atoms with van der Waals surface area (Å²) in [6.07, 6.45) is 1.59. The van der Waals surface area contributed by atoms with Crippen molar-refractivity contribution in [2.45, 2.75) is 6.92 Å². The first-order valence-electron chi connectivity index (χ1n) is 6.21. The number of hydrogen-bond donors (Lipinski definition) is 0. The number of rotatable bonds is 3. The summed E-state index contributed by atoms with van der Waals surface area (Å²) in [4.78, 5) is 2.00. The van der Waals surface area contributed by atoms with E-state index in [1.807, 2.05) is 74.4 Å². The molecule has 0 aromatic heterocycles. The lowest BCUT2D eigenvalue weighted by Crippen LogP contribution is -2.08. The Morgan fingerprint density at radius 2 is 1.53 bits per heavy atom. The number of nitrogens with zero attached hydrogens (tertiary/aromatic N) is 2. The van der Waals surface area contributed by atoms with E-state index in [4.69, 9.17) is 0 Å². The number of hydrogen-bond acceptors (Lipinski definition) is 2. The summed E-state index contributed by atoms with van der Waals surface area (Å²) in [5, 5.41) is 12.0. The highest BCUT2D eigenvalue weighted by Gasteiger charge is 2.03. The highest BCUT2D eigenvalue weighted by Crippen LogP contribution is 2.17. The van der Waals surface area contributed by atoms with Crippen LogP contribution < -0.4 is 4.90 Å². The molecule has 98 valence electrons. The molecule has 2 aromatic carbocycles. The van der Waals surface area contributed by atoms with Crippen molar-refractivity contribution < 1.29 is 4.74 Å². The molecule has 2 aromatic rings. The van der Waals surface area contributed by atoms with Crippen molar-refractivity contribution in [2.75, 3.05) is 19.0 Å². The molecule has 0 saturated carbocycles. The summed E-state index contributed by atoms with van der Waals surface area (Å²) in [7, 11) is 3.95. The van der Waals surface area contributed by atoms with Crippen LogP contribution in [0.5, 0.6) is 0 Å². The molecule has 0 aliphatic heterocycles. The lowest BCUT2D eigenvalue weighted by Gasteiger charge is -2.12. The maximum absolute atomic E-state index is 12.0. The van der Waals surface area contributed by atoms with E-state index in [-0.39, 0.29) is 0 Å². The molecule has 0 aliphatic rings. The fourth-order valence-electron chi connectivity index (χ4n) is 1.76. The maximum atomic E-state index is 12.0. The molecular weight excluding hydrogens is 236 g/mol. The van der Waals surface area contributed by atoms with Gasteiger partial charge in [-0.2, -0.15) is 4.74 Å². The van der Waals surface area contributed by atoms with Crippen LogP contribution in [0.4, 0.5) is 11.4 Å². The predicted octanol–water partition coefficient (Wildman–Crippen LogP) is 3.32. The number of benzene rings is 2. The van der Waals surface area contributed by atoms with Gasteiger partial charge in [0, 0.05) is 37.5 Å². The van der Waals surface area contributed by atoms with Crippen molar-refractivity contribution in [1.82, 2.24) is 0 Å². The van der Waals surface area contributed by atoms with Gasteiger partial charge < -0.3 is 10.1 Å². The molecule has 0 unspecified atom stereocenters. The number of anilines is 1. The van der Waals surface area contributed by atoms with Gasteiger partial charge in [0.25, 0.3) is 0 Å². The van der Waals surface area contributed by atoms with Crippen molar-refractivity contribution in [3.05, 3.63) is 64.9 Å². The highest BCUT2D eigenvalue weighted by molar-refractivity contribution is 5.76. The van der Waals surface area contributed by atoms with Crippen LogP contribution in [0.1, 0.15) is 11.1 Å². The summed E-state index contributed by atoms with van der Waals surface area (Å²) in [6, 6.07) is 15.4. The first kappa shape index (κ1) is 13.1. The molecule has 0 radical (unpaired) electrons. The van der Waals surface area contributed by atoms with Crippen molar-refractivity contribution in [1.29, 1.82) is 0 Å². The van der Waals surface area contributed by atoms with Crippen molar-refractivity contribution in [3.8, 4) is 0 Å². The van der Waals surface area contributed by atoms with Gasteiger partial charge in [0.1, 0.15) is 0 Å². The molecule has 19 heavy (non-hydrogen) atoms. The Balaban J connectivity index is 2.23. The molecule has 0 aliphatic carbocycles. The third-order valence-electron chi connectivity index (χ3n) is 2.96. The molecule has 0 bridgehead atoms. The molecule has 0 saturated heterocycles. The van der Waals surface area contributed by atoms with Crippen LogP contribution in [0.2, 0.25) is 0 Å². The zero-order valence-electron chi connectivity index (χ0n) is 11.5. The minimum atomic E-state index is 0.631. The van der Waals surface area contributed by atoms with Crippen LogP contribution in [0.3, 0.4) is 0 Å². The van der Waals surface area contributed by atoms with E-state index >= 15 is 0 Å². The Labute approximate surface area is 114 Å². The van der Waals surface area contributed by atoms with Crippen molar-refractivity contribution in [3.63, 3.8) is 0 Å². The van der Waals surface area contributed by atoms with Gasteiger partial charge in [0.15, 0.2) is 6.21 Å². The van der Waals surface area contributed by atoms with E-state index < -0.39 is 0 Å². The summed E-state index contributed by atoms with van der Waals surface area (Å²) in [5.74, 6) is 0. The Kier molecular flexibility index (Phi) is 3.85. The van der Waals surface area contributed by atoms with Gasteiger partial charge >= 0.3 is 0 Å². The average Bonchev–Trinajstić information content (AvgIpc) is 2.41. The maximum Gasteiger partial charge on any atom is 0.216 e. The van der Waals surface area contributed by atoms with E-state index in [1.54, 1.807) is 6.21 Å². The first-order valence-corrected chi connectivity index (χ1v) is 6.21. The molecule has 0 heterocycles. The van der Waals surface area contributed by atoms with Gasteiger partial charge in [0.05, 0.1) is 0 Å². The molecule has 3 heteroatoms. The minimum absolute atomic E-state index is 0.631. The molecule has 2 rings (SSSR count). The van der Waals surface area contributed by atoms with Gasteiger partial charge in [-0.25, -0.2) is 0 Å². The third-order valence-corrected chi connectivity index (χ3v) is 2.96. The van der Waals surface area contributed by atoms with Crippen molar-refractivity contribution in [2.24, 2.45) is 0 Å². The second kappa shape index (κ2) is 5.57. The predicted molar refractivity (Wildman–Crippen MR) is 80.4 cm³/mol. The quantitative estimate of drug-likeness (QED) is 0.364. The molecular formula is C16H18N2O. The Morgan fingerprint density at radius 1 is 0.947 bits per heavy atom. The topological polar surface area (TPSA) is 29.3 Å². The summed E-state index contributed by atoms with van der Waals surface area (Å²) >= 11 is 0. The van der Waals surface area contributed by atoms with Crippen LogP contribution in [-0.4, -0.2) is 25.0 Å². The van der Waals surface area contributed by atoms with Crippen LogP contribution in [0.25, 0.3) is 0 Å². The lowest BCUT2D eigenvalue weighted by molar-refractivity contribution is -0.354. The zero-order valence-corrected chi connectivity index (χ0v) is 11.5. The molecule has 0 atom stereocenters.